The van der Waals surface area contributed by atoms with Gasteiger partial charge in [-0.3, -0.25) is 14.5 Å². The summed E-state index contributed by atoms with van der Waals surface area (Å²) in [5, 5.41) is 5.94. The van der Waals surface area contributed by atoms with Gasteiger partial charge in [0, 0.05) is 12.2 Å². The zero-order valence-corrected chi connectivity index (χ0v) is 16.2. The molecule has 0 spiro atoms. The molecule has 25 heavy (non-hydrogen) atoms. The molecule has 0 saturated carbocycles. The summed E-state index contributed by atoms with van der Waals surface area (Å²) in [7, 11) is 0. The van der Waals surface area contributed by atoms with Gasteiger partial charge in [0.05, 0.1) is 13.1 Å². The molecule has 0 aliphatic carbocycles. The van der Waals surface area contributed by atoms with Crippen molar-refractivity contribution in [1.29, 1.82) is 0 Å². The molecule has 1 aromatic rings. The van der Waals surface area contributed by atoms with Crippen LogP contribution in [0.3, 0.4) is 0 Å². The Labute approximate surface area is 152 Å². The molecule has 2 N–H and O–H groups in total. The van der Waals surface area contributed by atoms with Crippen LogP contribution in [-0.4, -0.2) is 42.9 Å². The molecule has 0 heterocycles. The van der Waals surface area contributed by atoms with Gasteiger partial charge in [-0.25, -0.2) is 0 Å². The Kier molecular flexibility index (Phi) is 9.85. The van der Waals surface area contributed by atoms with Crippen LogP contribution < -0.4 is 10.6 Å². The number of carbonyl (C=O) groups is 2. The first-order chi connectivity index (χ1) is 12.0. The standard InChI is InChI=1S/C20H33N3O2/c1-5-12-21-18(24)14-23(13-6-2)15-19(25)22-20-16(7-3)10-9-11-17(20)8-4/h9-11H,5-8,12-15H2,1-4H3,(H,21,24)(H,22,25). The number of rotatable bonds is 11. The van der Waals surface area contributed by atoms with Crippen molar-refractivity contribution in [3.05, 3.63) is 29.3 Å². The molecule has 0 aliphatic heterocycles. The van der Waals surface area contributed by atoms with Crippen molar-refractivity contribution in [3.63, 3.8) is 0 Å². The van der Waals surface area contributed by atoms with Crippen LogP contribution in [0.15, 0.2) is 18.2 Å². The average molecular weight is 348 g/mol. The third kappa shape index (κ3) is 7.26. The molecule has 5 nitrogen and oxygen atoms in total. The fourth-order valence-corrected chi connectivity index (χ4v) is 2.84. The van der Waals surface area contributed by atoms with E-state index in [4.69, 9.17) is 0 Å². The summed E-state index contributed by atoms with van der Waals surface area (Å²) in [5.41, 5.74) is 3.23. The van der Waals surface area contributed by atoms with Crippen LogP contribution in [0.2, 0.25) is 0 Å². The van der Waals surface area contributed by atoms with Crippen LogP contribution >= 0.6 is 0 Å². The Hall–Kier alpha value is -1.88. The van der Waals surface area contributed by atoms with Gasteiger partial charge in [-0.1, -0.05) is 45.9 Å². The number of anilines is 1. The molecule has 2 amide bonds. The summed E-state index contributed by atoms with van der Waals surface area (Å²) in [6.45, 7) is 10.1. The van der Waals surface area contributed by atoms with Crippen LogP contribution in [0.1, 0.15) is 51.7 Å². The molecule has 0 radical (unpaired) electrons. The quantitative estimate of drug-likeness (QED) is 0.647. The van der Waals surface area contributed by atoms with E-state index in [1.54, 1.807) is 0 Å². The topological polar surface area (TPSA) is 61.4 Å². The highest BCUT2D eigenvalue weighted by Gasteiger charge is 2.16. The van der Waals surface area contributed by atoms with Gasteiger partial charge in [0.1, 0.15) is 0 Å². The van der Waals surface area contributed by atoms with Gasteiger partial charge in [0.25, 0.3) is 0 Å². The molecule has 0 atom stereocenters. The lowest BCUT2D eigenvalue weighted by Gasteiger charge is -2.21. The van der Waals surface area contributed by atoms with Gasteiger partial charge in [0.15, 0.2) is 0 Å². The first kappa shape index (κ1) is 21.2. The third-order valence-corrected chi connectivity index (χ3v) is 4.11. The lowest BCUT2D eigenvalue weighted by Crippen LogP contribution is -2.41. The average Bonchev–Trinajstić information content (AvgIpc) is 2.60. The Morgan fingerprint density at radius 2 is 1.52 bits per heavy atom. The number of carbonyl (C=O) groups excluding carboxylic acids is 2. The predicted molar refractivity (Wildman–Crippen MR) is 104 cm³/mol. The molecule has 0 bridgehead atoms. The normalized spacial score (nSPS) is 10.8. The Morgan fingerprint density at radius 3 is 2.04 bits per heavy atom. The number of amides is 2. The van der Waals surface area contributed by atoms with Gasteiger partial charge in [0.2, 0.25) is 11.8 Å². The summed E-state index contributed by atoms with van der Waals surface area (Å²) in [5.74, 6) is -0.0846. The van der Waals surface area contributed by atoms with Crippen molar-refractivity contribution in [2.45, 2.75) is 53.4 Å². The Balaban J connectivity index is 2.73. The van der Waals surface area contributed by atoms with Gasteiger partial charge in [-0.15, -0.1) is 0 Å². The van der Waals surface area contributed by atoms with Gasteiger partial charge in [-0.05, 0) is 43.4 Å². The summed E-state index contributed by atoms with van der Waals surface area (Å²) >= 11 is 0. The fraction of sp³-hybridized carbons (Fsp3) is 0.600. The predicted octanol–water partition coefficient (Wildman–Crippen LogP) is 2.99. The molecular formula is C20H33N3O2. The van der Waals surface area contributed by atoms with E-state index in [0.29, 0.717) is 6.54 Å². The first-order valence-corrected chi connectivity index (χ1v) is 9.45. The number of para-hydroxylation sites is 1. The number of nitrogens with zero attached hydrogens (tertiary/aromatic N) is 1. The minimum absolute atomic E-state index is 0.0219. The first-order valence-electron chi connectivity index (χ1n) is 9.45. The Bertz CT molecular complexity index is 536. The molecule has 0 aromatic heterocycles. The monoisotopic (exact) mass is 347 g/mol. The molecule has 0 fully saturated rings. The van der Waals surface area contributed by atoms with Gasteiger partial charge >= 0.3 is 0 Å². The van der Waals surface area contributed by atoms with Crippen molar-refractivity contribution in [3.8, 4) is 0 Å². The van der Waals surface area contributed by atoms with Gasteiger partial charge in [-0.2, -0.15) is 0 Å². The lowest BCUT2D eigenvalue weighted by atomic mass is 10.0. The molecule has 140 valence electrons. The minimum atomic E-state index is -0.0626. The minimum Gasteiger partial charge on any atom is -0.355 e. The maximum Gasteiger partial charge on any atom is 0.238 e. The number of hydrogen-bond acceptors (Lipinski definition) is 3. The van der Waals surface area contributed by atoms with E-state index in [1.165, 1.54) is 0 Å². The highest BCUT2D eigenvalue weighted by molar-refractivity contribution is 5.94. The second kappa shape index (κ2) is 11.6. The molecule has 1 rings (SSSR count). The van der Waals surface area contributed by atoms with Crippen LogP contribution in [0.25, 0.3) is 0 Å². The fourth-order valence-electron chi connectivity index (χ4n) is 2.84. The summed E-state index contributed by atoms with van der Waals surface area (Å²) < 4.78 is 0. The van der Waals surface area contributed by atoms with Crippen molar-refractivity contribution in [2.24, 2.45) is 0 Å². The van der Waals surface area contributed by atoms with Crippen LogP contribution in [0.4, 0.5) is 5.69 Å². The number of nitrogens with one attached hydrogen (secondary N) is 2. The van der Waals surface area contributed by atoms with Crippen molar-refractivity contribution in [2.75, 3.05) is 31.5 Å². The summed E-state index contributed by atoms with van der Waals surface area (Å²) in [6, 6.07) is 6.14. The smallest absolute Gasteiger partial charge is 0.238 e. The molecule has 0 saturated heterocycles. The maximum atomic E-state index is 12.5. The van der Waals surface area contributed by atoms with E-state index < -0.39 is 0 Å². The van der Waals surface area contributed by atoms with Crippen LogP contribution in [0, 0.1) is 0 Å². The second-order valence-electron chi connectivity index (χ2n) is 6.27. The molecule has 1 aromatic carbocycles. The zero-order valence-electron chi connectivity index (χ0n) is 16.2. The van der Waals surface area contributed by atoms with E-state index in [1.807, 2.05) is 17.9 Å². The number of benzene rings is 1. The molecule has 5 heteroatoms. The zero-order chi connectivity index (χ0) is 18.7. The van der Waals surface area contributed by atoms with Crippen molar-refractivity contribution in [1.82, 2.24) is 10.2 Å². The van der Waals surface area contributed by atoms with Crippen molar-refractivity contribution >= 4 is 17.5 Å². The largest absolute Gasteiger partial charge is 0.355 e. The third-order valence-electron chi connectivity index (χ3n) is 4.11. The number of aryl methyl sites for hydroxylation is 2. The van der Waals surface area contributed by atoms with E-state index in [-0.39, 0.29) is 24.9 Å². The summed E-state index contributed by atoms with van der Waals surface area (Å²) in [4.78, 5) is 26.4. The highest BCUT2D eigenvalue weighted by Crippen LogP contribution is 2.22. The lowest BCUT2D eigenvalue weighted by molar-refractivity contribution is -0.123. The van der Waals surface area contributed by atoms with Crippen LogP contribution in [-0.2, 0) is 22.4 Å². The maximum absolute atomic E-state index is 12.5. The highest BCUT2D eigenvalue weighted by atomic mass is 16.2. The van der Waals surface area contributed by atoms with E-state index in [0.717, 1.165) is 49.0 Å². The summed E-state index contributed by atoms with van der Waals surface area (Å²) in [6.07, 6.45) is 3.57. The van der Waals surface area contributed by atoms with E-state index in [2.05, 4.69) is 43.5 Å². The van der Waals surface area contributed by atoms with E-state index >= 15 is 0 Å². The van der Waals surface area contributed by atoms with Crippen molar-refractivity contribution < 1.29 is 9.59 Å². The Morgan fingerprint density at radius 1 is 0.920 bits per heavy atom. The SMILES string of the molecule is CCCNC(=O)CN(CCC)CC(=O)Nc1c(CC)cccc1CC. The van der Waals surface area contributed by atoms with E-state index in [9.17, 15) is 9.59 Å². The molecule has 0 aliphatic rings. The second-order valence-corrected chi connectivity index (χ2v) is 6.27. The molecular weight excluding hydrogens is 314 g/mol. The molecule has 0 unspecified atom stereocenters. The number of hydrogen-bond donors (Lipinski definition) is 2. The van der Waals surface area contributed by atoms with Crippen LogP contribution in [0.5, 0.6) is 0 Å². The van der Waals surface area contributed by atoms with Gasteiger partial charge < -0.3 is 10.6 Å².